The lowest BCUT2D eigenvalue weighted by atomic mass is 10.2. The fourth-order valence-electron chi connectivity index (χ4n) is 0.350. The van der Waals surface area contributed by atoms with Crippen molar-refractivity contribution < 1.29 is 9.59 Å². The van der Waals surface area contributed by atoms with Crippen LogP contribution in [0.25, 0.3) is 0 Å². The third-order valence-corrected chi connectivity index (χ3v) is 0.674. The number of hydrogen-bond acceptors (Lipinski definition) is 3. The molecule has 0 aliphatic carbocycles. The molecule has 3 heteroatoms. The SMILES string of the molecule is CC(=O)CC(=O)CN. The second-order valence-electron chi connectivity index (χ2n) is 1.62. The van der Waals surface area contributed by atoms with Crippen molar-refractivity contribution in [2.24, 2.45) is 5.73 Å². The number of hydrogen-bond donors (Lipinski definition) is 1. The fourth-order valence-corrected chi connectivity index (χ4v) is 0.350. The number of Topliss-reactive ketones (excluding diaryl/α,β-unsaturated/α-hetero) is 2. The largest absolute Gasteiger partial charge is 0.324 e. The van der Waals surface area contributed by atoms with Crippen LogP contribution in [0.3, 0.4) is 0 Å². The maximum atomic E-state index is 10.3. The first-order valence-corrected chi connectivity index (χ1v) is 2.38. The van der Waals surface area contributed by atoms with Crippen molar-refractivity contribution in [3.8, 4) is 0 Å². The summed E-state index contributed by atoms with van der Waals surface area (Å²) in [6.07, 6.45) is -0.0174. The Hall–Kier alpha value is -0.700. The topological polar surface area (TPSA) is 60.2 Å². The van der Waals surface area contributed by atoms with Gasteiger partial charge in [0.1, 0.15) is 5.78 Å². The molecule has 0 aromatic carbocycles. The second-order valence-corrected chi connectivity index (χ2v) is 1.62. The van der Waals surface area contributed by atoms with Crippen molar-refractivity contribution in [3.05, 3.63) is 0 Å². The maximum Gasteiger partial charge on any atom is 0.153 e. The summed E-state index contributed by atoms with van der Waals surface area (Å²) in [6, 6.07) is 0. The lowest BCUT2D eigenvalue weighted by molar-refractivity contribution is -0.125. The van der Waals surface area contributed by atoms with Crippen molar-refractivity contribution in [1.82, 2.24) is 0 Å². The van der Waals surface area contributed by atoms with E-state index in [1.807, 2.05) is 0 Å². The molecule has 8 heavy (non-hydrogen) atoms. The number of ketones is 2. The molecular weight excluding hydrogens is 106 g/mol. The summed E-state index contributed by atoms with van der Waals surface area (Å²) in [4.78, 5) is 20.4. The quantitative estimate of drug-likeness (QED) is 0.504. The molecule has 0 aromatic rings. The van der Waals surface area contributed by atoms with E-state index < -0.39 is 0 Å². The zero-order chi connectivity index (χ0) is 6.57. The highest BCUT2D eigenvalue weighted by Gasteiger charge is 2.00. The van der Waals surface area contributed by atoms with Crippen molar-refractivity contribution in [1.29, 1.82) is 0 Å². The van der Waals surface area contributed by atoms with E-state index in [2.05, 4.69) is 0 Å². The zero-order valence-electron chi connectivity index (χ0n) is 4.81. The van der Waals surface area contributed by atoms with Gasteiger partial charge in [0.05, 0.1) is 13.0 Å². The van der Waals surface area contributed by atoms with Crippen LogP contribution in [0, 0.1) is 0 Å². The molecule has 3 nitrogen and oxygen atoms in total. The van der Waals surface area contributed by atoms with Crippen LogP contribution in [0.2, 0.25) is 0 Å². The van der Waals surface area contributed by atoms with Gasteiger partial charge >= 0.3 is 0 Å². The molecule has 0 amide bonds. The van der Waals surface area contributed by atoms with Gasteiger partial charge in [-0.3, -0.25) is 9.59 Å². The van der Waals surface area contributed by atoms with Crippen LogP contribution in [0.1, 0.15) is 13.3 Å². The molecule has 0 aliphatic heterocycles. The Kier molecular flexibility index (Phi) is 3.03. The standard InChI is InChI=1S/C5H9NO2/c1-4(7)2-5(8)3-6/h2-3,6H2,1H3. The molecule has 0 saturated heterocycles. The fraction of sp³-hybridized carbons (Fsp3) is 0.600. The van der Waals surface area contributed by atoms with E-state index in [1.54, 1.807) is 0 Å². The van der Waals surface area contributed by atoms with Crippen LogP contribution in [0.4, 0.5) is 0 Å². The minimum absolute atomic E-state index is 0.0174. The van der Waals surface area contributed by atoms with E-state index in [-0.39, 0.29) is 24.5 Å². The third-order valence-electron chi connectivity index (χ3n) is 0.674. The monoisotopic (exact) mass is 115 g/mol. The molecule has 0 unspecified atom stereocenters. The average molecular weight is 115 g/mol. The van der Waals surface area contributed by atoms with Crippen molar-refractivity contribution in [3.63, 3.8) is 0 Å². The van der Waals surface area contributed by atoms with E-state index in [9.17, 15) is 9.59 Å². The van der Waals surface area contributed by atoms with Gasteiger partial charge < -0.3 is 5.73 Å². The molecule has 0 saturated carbocycles. The molecular formula is C5H9NO2. The lowest BCUT2D eigenvalue weighted by Gasteiger charge is -1.87. The Morgan fingerprint density at radius 1 is 1.50 bits per heavy atom. The molecule has 0 bridgehead atoms. The number of rotatable bonds is 3. The molecule has 0 fully saturated rings. The summed E-state index contributed by atoms with van der Waals surface area (Å²) in [5, 5.41) is 0. The second kappa shape index (κ2) is 3.32. The summed E-state index contributed by atoms with van der Waals surface area (Å²) >= 11 is 0. The van der Waals surface area contributed by atoms with Crippen LogP contribution in [-0.2, 0) is 9.59 Å². The predicted molar refractivity (Wildman–Crippen MR) is 29.4 cm³/mol. The first-order valence-electron chi connectivity index (χ1n) is 2.38. The molecule has 0 spiro atoms. The zero-order valence-corrected chi connectivity index (χ0v) is 4.81. The van der Waals surface area contributed by atoms with E-state index in [4.69, 9.17) is 5.73 Å². The Morgan fingerprint density at radius 2 is 2.00 bits per heavy atom. The minimum atomic E-state index is -0.197. The molecule has 0 radical (unpaired) electrons. The van der Waals surface area contributed by atoms with E-state index in [0.717, 1.165) is 0 Å². The van der Waals surface area contributed by atoms with Gasteiger partial charge in [0, 0.05) is 0 Å². The Labute approximate surface area is 47.9 Å². The molecule has 2 N–H and O–H groups in total. The first-order chi connectivity index (χ1) is 3.66. The highest BCUT2D eigenvalue weighted by molar-refractivity contribution is 5.98. The third kappa shape index (κ3) is 3.49. The number of nitrogens with two attached hydrogens (primary N) is 1. The van der Waals surface area contributed by atoms with Crippen LogP contribution in [-0.4, -0.2) is 18.1 Å². The smallest absolute Gasteiger partial charge is 0.153 e. The lowest BCUT2D eigenvalue weighted by Crippen LogP contribution is -2.15. The predicted octanol–water partition coefficient (Wildman–Crippen LogP) is -0.507. The summed E-state index contributed by atoms with van der Waals surface area (Å²) in [7, 11) is 0. The summed E-state index contributed by atoms with van der Waals surface area (Å²) in [6.45, 7) is 1.34. The van der Waals surface area contributed by atoms with Crippen molar-refractivity contribution >= 4 is 11.6 Å². The highest BCUT2D eigenvalue weighted by atomic mass is 16.1. The van der Waals surface area contributed by atoms with Gasteiger partial charge in [0.25, 0.3) is 0 Å². The number of carbonyl (C=O) groups is 2. The molecule has 0 heterocycles. The van der Waals surface area contributed by atoms with Gasteiger partial charge in [-0.25, -0.2) is 0 Å². The Balaban J connectivity index is 3.40. The van der Waals surface area contributed by atoms with Crippen molar-refractivity contribution in [2.45, 2.75) is 13.3 Å². The van der Waals surface area contributed by atoms with E-state index >= 15 is 0 Å². The average Bonchev–Trinajstić information content (AvgIpc) is 1.65. The summed E-state index contributed by atoms with van der Waals surface area (Å²) in [5.74, 6) is -0.321. The van der Waals surface area contributed by atoms with Gasteiger partial charge in [-0.2, -0.15) is 0 Å². The normalized spacial score (nSPS) is 8.75. The van der Waals surface area contributed by atoms with E-state index in [1.165, 1.54) is 6.92 Å². The molecule has 46 valence electrons. The highest BCUT2D eigenvalue weighted by Crippen LogP contribution is 1.80. The first kappa shape index (κ1) is 7.30. The number of carbonyl (C=O) groups excluding carboxylic acids is 2. The Bertz CT molecular complexity index is 109. The van der Waals surface area contributed by atoms with Gasteiger partial charge in [0.2, 0.25) is 0 Å². The van der Waals surface area contributed by atoms with Crippen LogP contribution in [0.15, 0.2) is 0 Å². The van der Waals surface area contributed by atoms with Gasteiger partial charge in [0.15, 0.2) is 5.78 Å². The van der Waals surface area contributed by atoms with Crippen LogP contribution >= 0.6 is 0 Å². The van der Waals surface area contributed by atoms with Crippen LogP contribution < -0.4 is 5.73 Å². The Morgan fingerprint density at radius 3 is 2.12 bits per heavy atom. The summed E-state index contributed by atoms with van der Waals surface area (Å²) < 4.78 is 0. The molecule has 0 rings (SSSR count). The van der Waals surface area contributed by atoms with Gasteiger partial charge in [-0.15, -0.1) is 0 Å². The molecule has 0 aromatic heterocycles. The van der Waals surface area contributed by atoms with Gasteiger partial charge in [-0.05, 0) is 6.92 Å². The molecule has 0 atom stereocenters. The maximum absolute atomic E-state index is 10.3. The minimum Gasteiger partial charge on any atom is -0.324 e. The van der Waals surface area contributed by atoms with Crippen molar-refractivity contribution in [2.75, 3.05) is 6.54 Å². The van der Waals surface area contributed by atoms with E-state index in [0.29, 0.717) is 0 Å². The molecule has 0 aliphatic rings. The summed E-state index contributed by atoms with van der Waals surface area (Å²) in [5.41, 5.74) is 4.92. The van der Waals surface area contributed by atoms with Crippen LogP contribution in [0.5, 0.6) is 0 Å². The van der Waals surface area contributed by atoms with Gasteiger partial charge in [-0.1, -0.05) is 0 Å².